The molecule has 1 aromatic rings. The van der Waals surface area contributed by atoms with E-state index >= 15 is 0 Å². The third-order valence-electron chi connectivity index (χ3n) is 3.24. The first-order chi connectivity index (χ1) is 8.51. The first-order valence-electron chi connectivity index (χ1n) is 6.11. The summed E-state index contributed by atoms with van der Waals surface area (Å²) < 4.78 is 5.39. The quantitative estimate of drug-likeness (QED) is 0.826. The molecule has 0 unspecified atom stereocenters. The van der Waals surface area contributed by atoms with Gasteiger partial charge >= 0.3 is 0 Å². The molecule has 100 valence electrons. The molecule has 0 aliphatic heterocycles. The molecule has 0 fully saturated rings. The zero-order valence-electron chi connectivity index (χ0n) is 11.6. The van der Waals surface area contributed by atoms with E-state index in [-0.39, 0.29) is 12.5 Å². The summed E-state index contributed by atoms with van der Waals surface area (Å²) in [4.78, 5) is 11.1. The van der Waals surface area contributed by atoms with Gasteiger partial charge in [0.25, 0.3) is 0 Å². The van der Waals surface area contributed by atoms with Gasteiger partial charge in [0.1, 0.15) is 5.75 Å². The Morgan fingerprint density at radius 3 is 2.56 bits per heavy atom. The zero-order chi connectivity index (χ0) is 13.7. The number of rotatable bonds is 5. The third-order valence-corrected chi connectivity index (χ3v) is 3.24. The molecule has 4 nitrogen and oxygen atoms in total. The van der Waals surface area contributed by atoms with Crippen molar-refractivity contribution >= 4 is 5.91 Å². The molecular formula is C14H22N2O2. The van der Waals surface area contributed by atoms with Gasteiger partial charge in [-0.3, -0.25) is 4.79 Å². The maximum absolute atomic E-state index is 11.1. The largest absolute Gasteiger partial charge is 0.496 e. The van der Waals surface area contributed by atoms with E-state index in [0.717, 1.165) is 23.3 Å². The van der Waals surface area contributed by atoms with Crippen LogP contribution in [-0.2, 0) is 11.2 Å². The topological polar surface area (TPSA) is 64.3 Å². The highest BCUT2D eigenvalue weighted by Gasteiger charge is 2.10. The minimum Gasteiger partial charge on any atom is -0.496 e. The lowest BCUT2D eigenvalue weighted by atomic mass is 9.96. The van der Waals surface area contributed by atoms with Gasteiger partial charge in [-0.15, -0.1) is 0 Å². The Labute approximate surface area is 109 Å². The van der Waals surface area contributed by atoms with Crippen molar-refractivity contribution in [2.45, 2.75) is 27.2 Å². The molecule has 0 bridgehead atoms. The fraction of sp³-hybridized carbons (Fsp3) is 0.500. The molecular weight excluding hydrogens is 228 g/mol. The van der Waals surface area contributed by atoms with Crippen molar-refractivity contribution in [1.29, 1.82) is 0 Å². The summed E-state index contributed by atoms with van der Waals surface area (Å²) in [6, 6.07) is 2.12. The number of amides is 1. The summed E-state index contributed by atoms with van der Waals surface area (Å²) >= 11 is 0. The maximum Gasteiger partial charge on any atom is 0.233 e. The summed E-state index contributed by atoms with van der Waals surface area (Å²) in [6.45, 7) is 6.83. The molecule has 0 aliphatic carbocycles. The molecule has 4 heteroatoms. The van der Waals surface area contributed by atoms with Crippen molar-refractivity contribution in [2.75, 3.05) is 20.2 Å². The molecule has 1 aromatic carbocycles. The molecule has 0 aliphatic rings. The van der Waals surface area contributed by atoms with E-state index in [1.807, 2.05) is 6.92 Å². The summed E-state index contributed by atoms with van der Waals surface area (Å²) in [5.74, 6) is 0.830. The first-order valence-corrected chi connectivity index (χ1v) is 6.11. The van der Waals surface area contributed by atoms with Crippen molar-refractivity contribution in [1.82, 2.24) is 5.32 Å². The average Bonchev–Trinajstić information content (AvgIpc) is 2.35. The van der Waals surface area contributed by atoms with Gasteiger partial charge in [0.15, 0.2) is 0 Å². The van der Waals surface area contributed by atoms with E-state index in [4.69, 9.17) is 10.5 Å². The number of benzene rings is 1. The molecule has 0 heterocycles. The van der Waals surface area contributed by atoms with Crippen LogP contribution in [0.5, 0.6) is 5.75 Å². The van der Waals surface area contributed by atoms with E-state index in [1.54, 1.807) is 7.11 Å². The number of methoxy groups -OCH3 is 1. The van der Waals surface area contributed by atoms with E-state index < -0.39 is 0 Å². The molecule has 0 saturated heterocycles. The van der Waals surface area contributed by atoms with Crippen molar-refractivity contribution in [3.63, 3.8) is 0 Å². The van der Waals surface area contributed by atoms with E-state index in [1.165, 1.54) is 11.1 Å². The van der Waals surface area contributed by atoms with Crippen LogP contribution in [-0.4, -0.2) is 26.1 Å². The van der Waals surface area contributed by atoms with Crippen molar-refractivity contribution in [3.8, 4) is 5.75 Å². The highest BCUT2D eigenvalue weighted by molar-refractivity contribution is 5.77. The number of nitrogens with one attached hydrogen (secondary N) is 1. The lowest BCUT2D eigenvalue weighted by Crippen LogP contribution is -2.31. The standard InChI is InChI=1S/C14H22N2O2/c1-9-7-12(5-6-16-13(17)8-15)10(2)11(3)14(9)18-4/h7H,5-6,8,15H2,1-4H3,(H,16,17). The van der Waals surface area contributed by atoms with Crippen LogP contribution in [0.25, 0.3) is 0 Å². The second-order valence-corrected chi connectivity index (χ2v) is 4.44. The van der Waals surface area contributed by atoms with Crippen molar-refractivity contribution < 1.29 is 9.53 Å². The van der Waals surface area contributed by atoms with Gasteiger partial charge in [-0.2, -0.15) is 0 Å². The summed E-state index contributed by atoms with van der Waals surface area (Å²) in [7, 11) is 1.69. The first kappa shape index (κ1) is 14.5. The van der Waals surface area contributed by atoms with Crippen molar-refractivity contribution in [3.05, 3.63) is 28.3 Å². The fourth-order valence-corrected chi connectivity index (χ4v) is 2.12. The van der Waals surface area contributed by atoms with Crippen LogP contribution in [0.2, 0.25) is 0 Å². The van der Waals surface area contributed by atoms with Gasteiger partial charge in [0, 0.05) is 6.54 Å². The second-order valence-electron chi connectivity index (χ2n) is 4.44. The van der Waals surface area contributed by atoms with Gasteiger partial charge in [-0.05, 0) is 49.4 Å². The highest BCUT2D eigenvalue weighted by Crippen LogP contribution is 2.28. The van der Waals surface area contributed by atoms with Crippen molar-refractivity contribution in [2.24, 2.45) is 5.73 Å². The smallest absolute Gasteiger partial charge is 0.233 e. The van der Waals surface area contributed by atoms with Gasteiger partial charge in [0.05, 0.1) is 13.7 Å². The van der Waals surface area contributed by atoms with Crippen LogP contribution >= 0.6 is 0 Å². The third kappa shape index (κ3) is 3.23. The number of nitrogens with two attached hydrogens (primary N) is 1. The lowest BCUT2D eigenvalue weighted by Gasteiger charge is -2.15. The Bertz CT molecular complexity index is 442. The minimum absolute atomic E-state index is 0.0413. The van der Waals surface area contributed by atoms with Crippen LogP contribution in [0, 0.1) is 20.8 Å². The normalized spacial score (nSPS) is 10.3. The predicted octanol–water partition coefficient (Wildman–Crippen LogP) is 1.24. The molecule has 1 rings (SSSR count). The summed E-state index contributed by atoms with van der Waals surface area (Å²) in [5, 5.41) is 2.78. The number of aryl methyl sites for hydroxylation is 1. The maximum atomic E-state index is 11.1. The fourth-order valence-electron chi connectivity index (χ4n) is 2.12. The molecule has 0 saturated carbocycles. The van der Waals surface area contributed by atoms with Crippen LogP contribution in [0.15, 0.2) is 6.07 Å². The van der Waals surface area contributed by atoms with Crippen LogP contribution in [0.3, 0.4) is 0 Å². The van der Waals surface area contributed by atoms with E-state index in [0.29, 0.717) is 6.54 Å². The molecule has 0 atom stereocenters. The van der Waals surface area contributed by atoms with Gasteiger partial charge in [-0.1, -0.05) is 6.07 Å². The Balaban J connectivity index is 2.81. The summed E-state index contributed by atoms with van der Waals surface area (Å²) in [6.07, 6.45) is 0.809. The van der Waals surface area contributed by atoms with Crippen LogP contribution in [0.4, 0.5) is 0 Å². The molecule has 0 aromatic heterocycles. The molecule has 18 heavy (non-hydrogen) atoms. The minimum atomic E-state index is -0.116. The van der Waals surface area contributed by atoms with Crippen LogP contribution in [0.1, 0.15) is 22.3 Å². The van der Waals surface area contributed by atoms with E-state index in [2.05, 4.69) is 25.2 Å². The Morgan fingerprint density at radius 1 is 1.33 bits per heavy atom. The predicted molar refractivity (Wildman–Crippen MR) is 73.0 cm³/mol. The zero-order valence-corrected chi connectivity index (χ0v) is 11.6. The number of carbonyl (C=O) groups is 1. The molecule has 1 amide bonds. The Hall–Kier alpha value is -1.55. The summed E-state index contributed by atoms with van der Waals surface area (Å²) in [5.41, 5.74) is 9.99. The molecule has 0 spiro atoms. The number of ether oxygens (including phenoxy) is 1. The van der Waals surface area contributed by atoms with Gasteiger partial charge in [-0.25, -0.2) is 0 Å². The average molecular weight is 250 g/mol. The highest BCUT2D eigenvalue weighted by atomic mass is 16.5. The van der Waals surface area contributed by atoms with Gasteiger partial charge in [0.2, 0.25) is 5.91 Å². The van der Waals surface area contributed by atoms with Crippen LogP contribution < -0.4 is 15.8 Å². The lowest BCUT2D eigenvalue weighted by molar-refractivity contribution is -0.119. The second kappa shape index (κ2) is 6.40. The number of hydrogen-bond donors (Lipinski definition) is 2. The van der Waals surface area contributed by atoms with Gasteiger partial charge < -0.3 is 15.8 Å². The number of carbonyl (C=O) groups excluding carboxylic acids is 1. The Kier molecular flexibility index (Phi) is 5.16. The SMILES string of the molecule is COc1c(C)cc(CCNC(=O)CN)c(C)c1C. The molecule has 3 N–H and O–H groups in total. The molecule has 0 radical (unpaired) electrons. The van der Waals surface area contributed by atoms with E-state index in [9.17, 15) is 4.79 Å². The monoisotopic (exact) mass is 250 g/mol. The number of hydrogen-bond acceptors (Lipinski definition) is 3. The Morgan fingerprint density at radius 2 is 2.00 bits per heavy atom.